The molecule has 0 aromatic carbocycles. The van der Waals surface area contributed by atoms with Crippen LogP contribution in [0.4, 0.5) is 0 Å². The second kappa shape index (κ2) is 8.96. The lowest BCUT2D eigenvalue weighted by Crippen LogP contribution is -2.12. The average Bonchev–Trinajstić information content (AvgIpc) is 1.91. The zero-order chi connectivity index (χ0) is 7.11. The summed E-state index contributed by atoms with van der Waals surface area (Å²) in [4.78, 5) is 0. The fourth-order valence-electron chi connectivity index (χ4n) is 1.05. The van der Waals surface area contributed by atoms with Crippen LogP contribution < -0.4 is 5.32 Å². The summed E-state index contributed by atoms with van der Waals surface area (Å²) in [5.41, 5.74) is 0. The maximum absolute atomic E-state index is 3.17. The molecule has 64 valence electrons. The fraction of sp³-hybridized carbons (Fsp3) is 1.00. The molecule has 0 aromatic rings. The van der Waals surface area contributed by atoms with Crippen molar-refractivity contribution in [3.8, 4) is 0 Å². The van der Waals surface area contributed by atoms with Gasteiger partial charge in [0.15, 0.2) is 0 Å². The first kappa shape index (κ1) is 12.6. The second-order valence-electron chi connectivity index (χ2n) is 2.57. The minimum atomic E-state index is 0. The van der Waals surface area contributed by atoms with Gasteiger partial charge < -0.3 is 5.32 Å². The van der Waals surface area contributed by atoms with E-state index < -0.39 is 0 Å². The van der Waals surface area contributed by atoms with E-state index in [0.717, 1.165) is 5.92 Å². The third-order valence-corrected chi connectivity index (χ3v) is 1.96. The molecule has 0 aliphatic carbocycles. The van der Waals surface area contributed by atoms with Crippen molar-refractivity contribution >= 4 is 0 Å². The zero-order valence-electron chi connectivity index (χ0n) is 6.91. The van der Waals surface area contributed by atoms with E-state index >= 15 is 0 Å². The molecule has 1 nitrogen and oxygen atoms in total. The molecule has 0 amide bonds. The number of rotatable bonds is 5. The van der Waals surface area contributed by atoms with Crippen molar-refractivity contribution in [1.29, 1.82) is 0 Å². The Labute approximate surface area is 66.2 Å². The fourth-order valence-corrected chi connectivity index (χ4v) is 1.05. The Hall–Kier alpha value is -0.0400. The van der Waals surface area contributed by atoms with Gasteiger partial charge in [-0.2, -0.15) is 0 Å². The summed E-state index contributed by atoms with van der Waals surface area (Å²) in [5.74, 6) is 0.942. The lowest BCUT2D eigenvalue weighted by Gasteiger charge is -2.10. The average molecular weight is 145 g/mol. The Balaban J connectivity index is 0. The summed E-state index contributed by atoms with van der Waals surface area (Å²) in [6.45, 7) is 5.71. The van der Waals surface area contributed by atoms with E-state index in [1.54, 1.807) is 0 Å². The van der Waals surface area contributed by atoms with Crippen molar-refractivity contribution in [1.82, 2.24) is 5.32 Å². The van der Waals surface area contributed by atoms with E-state index in [9.17, 15) is 0 Å². The molecule has 0 bridgehead atoms. The molecule has 0 aliphatic heterocycles. The SMILES string of the molecule is C.CCC(CC)CCNC. The largest absolute Gasteiger partial charge is 0.320 e. The first-order chi connectivity index (χ1) is 4.35. The van der Waals surface area contributed by atoms with Gasteiger partial charge in [0.1, 0.15) is 0 Å². The molecule has 0 spiro atoms. The maximum atomic E-state index is 3.17. The highest BCUT2D eigenvalue weighted by Crippen LogP contribution is 2.10. The lowest BCUT2D eigenvalue weighted by atomic mass is 10.00. The van der Waals surface area contributed by atoms with Gasteiger partial charge in [0.2, 0.25) is 0 Å². The highest BCUT2D eigenvalue weighted by Gasteiger charge is 2.00. The predicted molar refractivity (Wildman–Crippen MR) is 49.3 cm³/mol. The van der Waals surface area contributed by atoms with Gasteiger partial charge in [0, 0.05) is 0 Å². The molecular weight excluding hydrogens is 122 g/mol. The van der Waals surface area contributed by atoms with Crippen molar-refractivity contribution in [3.05, 3.63) is 0 Å². The smallest absolute Gasteiger partial charge is 0.00493 e. The van der Waals surface area contributed by atoms with Gasteiger partial charge in [-0.25, -0.2) is 0 Å². The molecule has 0 radical (unpaired) electrons. The quantitative estimate of drug-likeness (QED) is 0.627. The molecule has 0 saturated carbocycles. The normalized spacial score (nSPS) is 9.60. The summed E-state index contributed by atoms with van der Waals surface area (Å²) >= 11 is 0. The topological polar surface area (TPSA) is 12.0 Å². The highest BCUT2D eigenvalue weighted by molar-refractivity contribution is 4.55. The second-order valence-corrected chi connectivity index (χ2v) is 2.57. The summed E-state index contributed by atoms with van der Waals surface area (Å²) in [6, 6.07) is 0. The molecule has 0 aliphatic rings. The molecule has 1 heteroatoms. The van der Waals surface area contributed by atoms with Crippen molar-refractivity contribution in [3.63, 3.8) is 0 Å². The lowest BCUT2D eigenvalue weighted by molar-refractivity contribution is 0.448. The Bertz CT molecular complexity index is 48.7. The third-order valence-electron chi connectivity index (χ3n) is 1.96. The van der Waals surface area contributed by atoms with Gasteiger partial charge in [-0.3, -0.25) is 0 Å². The van der Waals surface area contributed by atoms with E-state index in [1.807, 2.05) is 7.05 Å². The van der Waals surface area contributed by atoms with Crippen LogP contribution in [-0.4, -0.2) is 13.6 Å². The van der Waals surface area contributed by atoms with Crippen molar-refractivity contribution in [2.45, 2.75) is 40.5 Å². The molecular formula is C9H23N. The Morgan fingerprint density at radius 2 is 1.70 bits per heavy atom. The van der Waals surface area contributed by atoms with Crippen LogP contribution in [0, 0.1) is 5.92 Å². The molecule has 0 saturated heterocycles. The van der Waals surface area contributed by atoms with Gasteiger partial charge in [-0.05, 0) is 25.9 Å². The van der Waals surface area contributed by atoms with Crippen LogP contribution in [-0.2, 0) is 0 Å². The first-order valence-electron chi connectivity index (χ1n) is 3.99. The summed E-state index contributed by atoms with van der Waals surface area (Å²) in [6.07, 6.45) is 4.00. The number of hydrogen-bond donors (Lipinski definition) is 1. The van der Waals surface area contributed by atoms with Gasteiger partial charge in [0.25, 0.3) is 0 Å². The standard InChI is InChI=1S/C8H19N.CH4/c1-4-8(5-2)6-7-9-3;/h8-9H,4-7H2,1-3H3;1H4. The molecule has 0 rings (SSSR count). The Morgan fingerprint density at radius 3 is 2.00 bits per heavy atom. The predicted octanol–water partition coefficient (Wildman–Crippen LogP) is 2.67. The van der Waals surface area contributed by atoms with Crippen molar-refractivity contribution in [2.24, 2.45) is 5.92 Å². The monoisotopic (exact) mass is 145 g/mol. The minimum Gasteiger partial charge on any atom is -0.320 e. The van der Waals surface area contributed by atoms with Crippen LogP contribution >= 0.6 is 0 Å². The van der Waals surface area contributed by atoms with Crippen LogP contribution in [0.25, 0.3) is 0 Å². The van der Waals surface area contributed by atoms with Crippen LogP contribution in [0.15, 0.2) is 0 Å². The van der Waals surface area contributed by atoms with E-state index in [0.29, 0.717) is 0 Å². The zero-order valence-corrected chi connectivity index (χ0v) is 6.91. The van der Waals surface area contributed by atoms with Crippen LogP contribution in [0.1, 0.15) is 40.5 Å². The first-order valence-corrected chi connectivity index (χ1v) is 3.99. The van der Waals surface area contributed by atoms with Crippen molar-refractivity contribution < 1.29 is 0 Å². The molecule has 0 atom stereocenters. The maximum Gasteiger partial charge on any atom is -0.00493 e. The molecule has 0 aromatic heterocycles. The molecule has 1 N–H and O–H groups in total. The van der Waals surface area contributed by atoms with E-state index in [1.165, 1.54) is 25.8 Å². The van der Waals surface area contributed by atoms with Crippen LogP contribution in [0.5, 0.6) is 0 Å². The number of nitrogens with one attached hydrogen (secondary N) is 1. The molecule has 0 fully saturated rings. The van der Waals surface area contributed by atoms with Gasteiger partial charge in [-0.1, -0.05) is 34.1 Å². The third kappa shape index (κ3) is 6.09. The summed E-state index contributed by atoms with van der Waals surface area (Å²) in [5, 5.41) is 3.17. The van der Waals surface area contributed by atoms with E-state index in [4.69, 9.17) is 0 Å². The molecule has 10 heavy (non-hydrogen) atoms. The molecule has 0 unspecified atom stereocenters. The van der Waals surface area contributed by atoms with Crippen LogP contribution in [0.3, 0.4) is 0 Å². The van der Waals surface area contributed by atoms with E-state index in [2.05, 4.69) is 19.2 Å². The minimum absolute atomic E-state index is 0. The summed E-state index contributed by atoms with van der Waals surface area (Å²) < 4.78 is 0. The van der Waals surface area contributed by atoms with Crippen molar-refractivity contribution in [2.75, 3.05) is 13.6 Å². The van der Waals surface area contributed by atoms with Gasteiger partial charge >= 0.3 is 0 Å². The Kier molecular flexibility index (Phi) is 11.3. The molecule has 0 heterocycles. The van der Waals surface area contributed by atoms with Crippen LogP contribution in [0.2, 0.25) is 0 Å². The van der Waals surface area contributed by atoms with Gasteiger partial charge in [-0.15, -0.1) is 0 Å². The number of hydrogen-bond acceptors (Lipinski definition) is 1. The van der Waals surface area contributed by atoms with Gasteiger partial charge in [0.05, 0.1) is 0 Å². The summed E-state index contributed by atoms with van der Waals surface area (Å²) in [7, 11) is 2.02. The Morgan fingerprint density at radius 1 is 1.20 bits per heavy atom. The van der Waals surface area contributed by atoms with E-state index in [-0.39, 0.29) is 7.43 Å². The highest BCUT2D eigenvalue weighted by atomic mass is 14.8.